The topological polar surface area (TPSA) is 32.3 Å². The number of aryl methyl sites for hydroxylation is 1. The molecular weight excluding hydrogens is 375 g/mol. The van der Waals surface area contributed by atoms with E-state index in [0.717, 1.165) is 18.5 Å². The second-order valence-electron chi connectivity index (χ2n) is 6.90. The molecule has 0 radical (unpaired) electrons. The summed E-state index contributed by atoms with van der Waals surface area (Å²) in [4.78, 5) is 16.5. The molecule has 0 bridgehead atoms. The van der Waals surface area contributed by atoms with E-state index in [4.69, 9.17) is 23.2 Å². The van der Waals surface area contributed by atoms with E-state index < -0.39 is 0 Å². The lowest BCUT2D eigenvalue weighted by Crippen LogP contribution is -2.41. The molecule has 3 nitrogen and oxygen atoms in total. The van der Waals surface area contributed by atoms with Crippen LogP contribution in [0.5, 0.6) is 0 Å². The Morgan fingerprint density at radius 2 is 2.12 bits per heavy atom. The summed E-state index contributed by atoms with van der Waals surface area (Å²) in [7, 11) is 0. The van der Waals surface area contributed by atoms with Gasteiger partial charge in [0.2, 0.25) is 5.91 Å². The van der Waals surface area contributed by atoms with Gasteiger partial charge in [0.25, 0.3) is 0 Å². The number of nitrogens with one attached hydrogen (secondary N) is 1. The minimum absolute atomic E-state index is 0.0567. The molecule has 1 aromatic carbocycles. The number of hydrogen-bond donors (Lipinski definition) is 1. The van der Waals surface area contributed by atoms with Gasteiger partial charge in [-0.3, -0.25) is 9.69 Å². The number of thiophene rings is 1. The predicted molar refractivity (Wildman–Crippen MR) is 105 cm³/mol. The van der Waals surface area contributed by atoms with E-state index in [-0.39, 0.29) is 5.91 Å². The monoisotopic (exact) mass is 394 g/mol. The zero-order valence-corrected chi connectivity index (χ0v) is 16.3. The van der Waals surface area contributed by atoms with Gasteiger partial charge in [0.05, 0.1) is 22.3 Å². The third-order valence-corrected chi connectivity index (χ3v) is 6.88. The van der Waals surface area contributed by atoms with Gasteiger partial charge in [0.1, 0.15) is 0 Å². The average molecular weight is 395 g/mol. The van der Waals surface area contributed by atoms with Crippen LogP contribution < -0.4 is 5.32 Å². The number of rotatable bonds is 4. The zero-order chi connectivity index (χ0) is 17.6. The smallest absolute Gasteiger partial charge is 0.238 e. The fourth-order valence-corrected chi connectivity index (χ4v) is 5.05. The van der Waals surface area contributed by atoms with Crippen LogP contribution in [0.15, 0.2) is 23.6 Å². The van der Waals surface area contributed by atoms with Gasteiger partial charge in [0, 0.05) is 17.5 Å². The van der Waals surface area contributed by atoms with Crippen molar-refractivity contribution in [1.29, 1.82) is 0 Å². The van der Waals surface area contributed by atoms with E-state index >= 15 is 0 Å². The molecule has 1 aliphatic heterocycles. The fourth-order valence-electron chi connectivity index (χ4n) is 3.67. The van der Waals surface area contributed by atoms with E-state index in [1.54, 1.807) is 6.07 Å². The van der Waals surface area contributed by atoms with E-state index in [1.165, 1.54) is 23.3 Å². The molecule has 132 valence electrons. The Balaban J connectivity index is 1.51. The van der Waals surface area contributed by atoms with Crippen molar-refractivity contribution >= 4 is 46.1 Å². The molecule has 4 rings (SSSR count). The Morgan fingerprint density at radius 3 is 2.88 bits per heavy atom. The van der Waals surface area contributed by atoms with E-state index in [0.29, 0.717) is 34.2 Å². The normalized spacial score (nSPS) is 20.4. The molecule has 1 N–H and O–H groups in total. The number of amides is 1. The lowest BCUT2D eigenvalue weighted by molar-refractivity contribution is -0.118. The Hall–Kier alpha value is -1.07. The number of benzene rings is 1. The van der Waals surface area contributed by atoms with Crippen molar-refractivity contribution in [2.45, 2.75) is 32.2 Å². The molecule has 1 saturated carbocycles. The summed E-state index contributed by atoms with van der Waals surface area (Å²) < 4.78 is 0. The maximum atomic E-state index is 12.7. The predicted octanol–water partition coefficient (Wildman–Crippen LogP) is 5.31. The van der Waals surface area contributed by atoms with Gasteiger partial charge in [-0.25, -0.2) is 0 Å². The highest BCUT2D eigenvalue weighted by atomic mass is 35.5. The first-order valence-corrected chi connectivity index (χ1v) is 10.2. The van der Waals surface area contributed by atoms with Gasteiger partial charge in [-0.15, -0.1) is 11.3 Å². The quantitative estimate of drug-likeness (QED) is 0.761. The lowest BCUT2D eigenvalue weighted by atomic mass is 9.96. The molecular formula is C19H20Cl2N2OS. The summed E-state index contributed by atoms with van der Waals surface area (Å²) in [6.07, 6.45) is 3.54. The molecule has 1 amide bonds. The van der Waals surface area contributed by atoms with Gasteiger partial charge in [-0.2, -0.15) is 0 Å². The second kappa shape index (κ2) is 6.92. The first-order chi connectivity index (χ1) is 12.0. The minimum atomic E-state index is -0.0567. The zero-order valence-electron chi connectivity index (χ0n) is 14.0. The number of carbonyl (C=O) groups is 1. The van der Waals surface area contributed by atoms with Crippen molar-refractivity contribution in [3.8, 4) is 0 Å². The Morgan fingerprint density at radius 1 is 1.32 bits per heavy atom. The van der Waals surface area contributed by atoms with Crippen LogP contribution in [0, 0.1) is 12.8 Å². The molecule has 6 heteroatoms. The third kappa shape index (κ3) is 3.45. The van der Waals surface area contributed by atoms with Crippen molar-refractivity contribution in [3.05, 3.63) is 49.6 Å². The largest absolute Gasteiger partial charge is 0.322 e. The van der Waals surface area contributed by atoms with Gasteiger partial charge in [0.15, 0.2) is 0 Å². The number of hydrogen-bond acceptors (Lipinski definition) is 3. The van der Waals surface area contributed by atoms with E-state index in [9.17, 15) is 4.79 Å². The van der Waals surface area contributed by atoms with Gasteiger partial charge >= 0.3 is 0 Å². The second-order valence-corrected chi connectivity index (χ2v) is 8.69. The highest BCUT2D eigenvalue weighted by molar-refractivity contribution is 7.10. The Kier molecular flexibility index (Phi) is 4.80. The van der Waals surface area contributed by atoms with Crippen LogP contribution in [0.3, 0.4) is 0 Å². The van der Waals surface area contributed by atoms with Crippen LogP contribution in [0.4, 0.5) is 5.69 Å². The molecule has 1 atom stereocenters. The molecule has 1 fully saturated rings. The molecule has 25 heavy (non-hydrogen) atoms. The van der Waals surface area contributed by atoms with Crippen LogP contribution in [0.25, 0.3) is 0 Å². The molecule has 0 spiro atoms. The first-order valence-electron chi connectivity index (χ1n) is 8.59. The number of fused-ring (bicyclic) bond motifs is 1. The number of nitrogens with zero attached hydrogens (tertiary/aromatic N) is 1. The van der Waals surface area contributed by atoms with Gasteiger partial charge < -0.3 is 5.32 Å². The van der Waals surface area contributed by atoms with Crippen LogP contribution in [-0.4, -0.2) is 23.9 Å². The van der Waals surface area contributed by atoms with E-state index in [1.807, 2.05) is 24.3 Å². The van der Waals surface area contributed by atoms with E-state index in [2.05, 4.69) is 21.7 Å². The van der Waals surface area contributed by atoms with Crippen molar-refractivity contribution in [2.24, 2.45) is 5.92 Å². The summed E-state index contributed by atoms with van der Waals surface area (Å²) in [6.45, 7) is 3.20. The van der Waals surface area contributed by atoms with Crippen molar-refractivity contribution in [3.63, 3.8) is 0 Å². The SMILES string of the molecule is Cc1ccc(Cl)c(NC(=O)CN2CCc3sccc3[C@@H]2C2CC2)c1Cl. The average Bonchev–Trinajstić information content (AvgIpc) is 3.31. The molecule has 0 saturated heterocycles. The first kappa shape index (κ1) is 17.3. The molecule has 1 aromatic heterocycles. The molecule has 2 aromatic rings. The van der Waals surface area contributed by atoms with Crippen molar-refractivity contribution < 1.29 is 4.79 Å². The van der Waals surface area contributed by atoms with Crippen LogP contribution >= 0.6 is 34.5 Å². The van der Waals surface area contributed by atoms with Gasteiger partial charge in [-0.1, -0.05) is 29.3 Å². The third-order valence-electron chi connectivity index (χ3n) is 5.08. The number of anilines is 1. The fraction of sp³-hybridized carbons (Fsp3) is 0.421. The van der Waals surface area contributed by atoms with Gasteiger partial charge in [-0.05, 0) is 60.7 Å². The van der Waals surface area contributed by atoms with Crippen LogP contribution in [0.2, 0.25) is 10.0 Å². The number of carbonyl (C=O) groups excluding carboxylic acids is 1. The maximum absolute atomic E-state index is 12.7. The standard InChI is InChI=1S/C19H20Cl2N2OS/c1-11-2-5-14(20)18(17(11)21)22-16(24)10-23-8-6-15-13(7-9-25-15)19(23)12-3-4-12/h2,5,7,9,12,19H,3-4,6,8,10H2,1H3,(H,22,24)/t19-/m0/s1. The summed E-state index contributed by atoms with van der Waals surface area (Å²) in [6, 6.07) is 6.24. The summed E-state index contributed by atoms with van der Waals surface area (Å²) in [5.74, 6) is 0.631. The maximum Gasteiger partial charge on any atom is 0.238 e. The number of halogens is 2. The Labute approximate surface area is 161 Å². The van der Waals surface area contributed by atoms with Crippen LogP contribution in [0.1, 0.15) is 34.9 Å². The summed E-state index contributed by atoms with van der Waals surface area (Å²) in [5.41, 5.74) is 2.85. The lowest BCUT2D eigenvalue weighted by Gasteiger charge is -2.35. The molecule has 2 aliphatic rings. The Bertz CT molecular complexity index is 816. The van der Waals surface area contributed by atoms with Crippen molar-refractivity contribution in [1.82, 2.24) is 4.90 Å². The minimum Gasteiger partial charge on any atom is -0.322 e. The molecule has 2 heterocycles. The summed E-state index contributed by atoms with van der Waals surface area (Å²) >= 11 is 14.4. The highest BCUT2D eigenvalue weighted by Crippen LogP contribution is 2.48. The van der Waals surface area contributed by atoms with Crippen molar-refractivity contribution in [2.75, 3.05) is 18.4 Å². The molecule has 1 aliphatic carbocycles. The molecule has 0 unspecified atom stereocenters. The summed E-state index contributed by atoms with van der Waals surface area (Å²) in [5, 5.41) is 6.08. The van der Waals surface area contributed by atoms with Crippen LogP contribution in [-0.2, 0) is 11.2 Å². The highest BCUT2D eigenvalue weighted by Gasteiger charge is 2.40.